The van der Waals surface area contributed by atoms with Crippen molar-refractivity contribution in [3.63, 3.8) is 0 Å². The first-order valence-electron chi connectivity index (χ1n) is 8.86. The van der Waals surface area contributed by atoms with Crippen molar-refractivity contribution < 1.29 is 24.1 Å². The van der Waals surface area contributed by atoms with Gasteiger partial charge >= 0.3 is 11.7 Å². The lowest BCUT2D eigenvalue weighted by Gasteiger charge is -2.19. The lowest BCUT2D eigenvalue weighted by atomic mass is 9.87. The second kappa shape index (κ2) is 7.75. The highest BCUT2D eigenvalue weighted by atomic mass is 16.6. The van der Waals surface area contributed by atoms with Gasteiger partial charge in [-0.05, 0) is 28.7 Å². The van der Waals surface area contributed by atoms with Crippen LogP contribution >= 0.6 is 0 Å². The quantitative estimate of drug-likeness (QED) is 0.469. The molecule has 0 atom stereocenters. The van der Waals surface area contributed by atoms with Gasteiger partial charge in [0.1, 0.15) is 6.61 Å². The molecule has 1 aromatic heterocycles. The first-order valence-corrected chi connectivity index (χ1v) is 8.86. The average Bonchev–Trinajstić information content (AvgIpc) is 3.16. The molecule has 3 aromatic rings. The summed E-state index contributed by atoms with van der Waals surface area (Å²) in [6.07, 6.45) is 0. The molecule has 0 amide bonds. The minimum absolute atomic E-state index is 0.0369. The number of carboxylic acids is 1. The number of rotatable bonds is 6. The highest BCUT2D eigenvalue weighted by Gasteiger charge is 2.20. The summed E-state index contributed by atoms with van der Waals surface area (Å²) in [6.45, 7) is 6.54. The van der Waals surface area contributed by atoms with E-state index in [1.807, 2.05) is 24.3 Å². The zero-order valence-electron chi connectivity index (χ0n) is 16.2. The smallest absolute Gasteiger partial charge is 0.358 e. The number of nitrogens with zero attached hydrogens (tertiary/aromatic N) is 2. The number of hydrogen-bond acceptors (Lipinski definition) is 6. The lowest BCUT2D eigenvalue weighted by molar-refractivity contribution is -0.385. The molecule has 8 nitrogen and oxygen atoms in total. The van der Waals surface area contributed by atoms with Gasteiger partial charge in [0, 0.05) is 17.7 Å². The molecule has 0 spiro atoms. The number of aromatic carboxylic acids is 1. The third kappa shape index (κ3) is 4.60. The zero-order chi connectivity index (χ0) is 21.2. The highest BCUT2D eigenvalue weighted by Crippen LogP contribution is 2.33. The predicted octanol–water partition coefficient (Wildman–Crippen LogP) is 4.82. The molecule has 1 N–H and O–H groups in total. The van der Waals surface area contributed by atoms with E-state index in [1.54, 1.807) is 6.07 Å². The number of carboxylic acid groups (broad SMARTS) is 1. The van der Waals surface area contributed by atoms with Crippen molar-refractivity contribution in [2.24, 2.45) is 0 Å². The number of carbonyl (C=O) groups is 1. The minimum Gasteiger partial charge on any atom is -0.482 e. The molecule has 0 aliphatic heterocycles. The lowest BCUT2D eigenvalue weighted by Crippen LogP contribution is -2.10. The molecule has 1 heterocycles. The number of nitro benzene ring substituents is 1. The Morgan fingerprint density at radius 1 is 1.17 bits per heavy atom. The van der Waals surface area contributed by atoms with Crippen LogP contribution in [0.3, 0.4) is 0 Å². The Hall–Kier alpha value is -3.68. The summed E-state index contributed by atoms with van der Waals surface area (Å²) >= 11 is 0. The summed E-state index contributed by atoms with van der Waals surface area (Å²) in [4.78, 5) is 21.8. The summed E-state index contributed by atoms with van der Waals surface area (Å²) < 4.78 is 10.6. The topological polar surface area (TPSA) is 116 Å². The fourth-order valence-corrected chi connectivity index (χ4v) is 2.71. The average molecular weight is 396 g/mol. The largest absolute Gasteiger partial charge is 0.482 e. The molecule has 0 unspecified atom stereocenters. The summed E-state index contributed by atoms with van der Waals surface area (Å²) in [6, 6.07) is 13.4. The fourth-order valence-electron chi connectivity index (χ4n) is 2.71. The molecule has 0 aliphatic carbocycles. The Morgan fingerprint density at radius 2 is 1.86 bits per heavy atom. The van der Waals surface area contributed by atoms with Crippen LogP contribution in [0.1, 0.15) is 42.4 Å². The van der Waals surface area contributed by atoms with E-state index in [-0.39, 0.29) is 34.9 Å². The van der Waals surface area contributed by atoms with E-state index in [0.717, 1.165) is 5.56 Å². The van der Waals surface area contributed by atoms with Crippen LogP contribution in [0, 0.1) is 10.1 Å². The van der Waals surface area contributed by atoms with E-state index in [2.05, 4.69) is 25.9 Å². The highest BCUT2D eigenvalue weighted by molar-refractivity contribution is 5.86. The number of nitro groups is 1. The normalized spacial score (nSPS) is 11.3. The molecule has 0 radical (unpaired) electrons. The third-order valence-corrected chi connectivity index (χ3v) is 4.38. The number of hydrogen-bond donors (Lipinski definition) is 1. The second-order valence-corrected chi connectivity index (χ2v) is 7.56. The zero-order valence-corrected chi connectivity index (χ0v) is 16.2. The van der Waals surface area contributed by atoms with Crippen LogP contribution in [0.25, 0.3) is 11.3 Å². The summed E-state index contributed by atoms with van der Waals surface area (Å²) in [7, 11) is 0. The van der Waals surface area contributed by atoms with E-state index in [1.165, 1.54) is 23.8 Å². The van der Waals surface area contributed by atoms with Crippen LogP contribution < -0.4 is 4.74 Å². The maximum atomic E-state index is 11.5. The van der Waals surface area contributed by atoms with E-state index in [9.17, 15) is 14.9 Å². The Labute approximate surface area is 166 Å². The van der Waals surface area contributed by atoms with E-state index in [0.29, 0.717) is 5.56 Å². The van der Waals surface area contributed by atoms with Crippen molar-refractivity contribution in [1.29, 1.82) is 0 Å². The SMILES string of the molecule is CC(C)(C)c1ccc(COc2ccc(-c3cc(C(=O)O)no3)cc2[N+](=O)[O-])cc1. The maximum Gasteiger partial charge on any atom is 0.358 e. The van der Waals surface area contributed by atoms with Crippen LogP contribution in [0.2, 0.25) is 0 Å². The maximum absolute atomic E-state index is 11.5. The van der Waals surface area contributed by atoms with Crippen molar-refractivity contribution in [3.05, 3.63) is 75.5 Å². The fraction of sp³-hybridized carbons (Fsp3) is 0.238. The first kappa shape index (κ1) is 20.1. The molecular formula is C21H20N2O6. The minimum atomic E-state index is -1.24. The van der Waals surface area contributed by atoms with Crippen molar-refractivity contribution in [2.75, 3.05) is 0 Å². The predicted molar refractivity (Wildman–Crippen MR) is 105 cm³/mol. The van der Waals surface area contributed by atoms with Gasteiger partial charge in [-0.1, -0.05) is 50.2 Å². The summed E-state index contributed by atoms with van der Waals surface area (Å²) in [5, 5.41) is 23.8. The van der Waals surface area contributed by atoms with Crippen molar-refractivity contribution >= 4 is 11.7 Å². The Balaban J connectivity index is 1.80. The van der Waals surface area contributed by atoms with E-state index < -0.39 is 10.9 Å². The molecule has 2 aromatic carbocycles. The third-order valence-electron chi connectivity index (χ3n) is 4.38. The molecule has 0 saturated carbocycles. The van der Waals surface area contributed by atoms with Gasteiger partial charge in [0.25, 0.3) is 0 Å². The standard InChI is InChI=1S/C21H20N2O6/c1-21(2,3)15-7-4-13(5-8-15)12-28-18-9-6-14(10-17(18)23(26)27)19-11-16(20(24)25)22-29-19/h4-11H,12H2,1-3H3,(H,24,25). The number of aromatic nitrogens is 1. The van der Waals surface area contributed by atoms with Crippen molar-refractivity contribution in [2.45, 2.75) is 32.8 Å². The Kier molecular flexibility index (Phi) is 5.36. The molecule has 0 aliphatic rings. The molecule has 0 fully saturated rings. The van der Waals surface area contributed by atoms with Gasteiger partial charge in [-0.3, -0.25) is 10.1 Å². The van der Waals surface area contributed by atoms with Crippen LogP contribution in [0.15, 0.2) is 53.1 Å². The molecular weight excluding hydrogens is 376 g/mol. The summed E-state index contributed by atoms with van der Waals surface area (Å²) in [5.74, 6) is -1.02. The molecule has 0 bridgehead atoms. The van der Waals surface area contributed by atoms with Crippen LogP contribution in [-0.2, 0) is 12.0 Å². The molecule has 0 saturated heterocycles. The van der Waals surface area contributed by atoms with Gasteiger partial charge in [-0.15, -0.1) is 0 Å². The van der Waals surface area contributed by atoms with E-state index in [4.69, 9.17) is 14.4 Å². The van der Waals surface area contributed by atoms with Gasteiger partial charge in [0.2, 0.25) is 0 Å². The van der Waals surface area contributed by atoms with Gasteiger partial charge in [0.05, 0.1) is 4.92 Å². The summed E-state index contributed by atoms with van der Waals surface area (Å²) in [5.41, 5.74) is 1.92. The van der Waals surface area contributed by atoms with Crippen LogP contribution in [-0.4, -0.2) is 21.2 Å². The molecule has 150 valence electrons. The Morgan fingerprint density at radius 3 is 2.41 bits per heavy atom. The van der Waals surface area contributed by atoms with Crippen LogP contribution in [0.4, 0.5) is 5.69 Å². The Bertz CT molecular complexity index is 1050. The van der Waals surface area contributed by atoms with Crippen molar-refractivity contribution in [1.82, 2.24) is 5.16 Å². The van der Waals surface area contributed by atoms with Gasteiger partial charge in [0.15, 0.2) is 17.2 Å². The first-order chi connectivity index (χ1) is 13.6. The van der Waals surface area contributed by atoms with Crippen molar-refractivity contribution in [3.8, 4) is 17.1 Å². The van der Waals surface area contributed by atoms with E-state index >= 15 is 0 Å². The molecule has 3 rings (SSSR count). The second-order valence-electron chi connectivity index (χ2n) is 7.56. The van der Waals surface area contributed by atoms with Crippen LogP contribution in [0.5, 0.6) is 5.75 Å². The molecule has 8 heteroatoms. The monoisotopic (exact) mass is 396 g/mol. The van der Waals surface area contributed by atoms with Gasteiger partial charge < -0.3 is 14.4 Å². The van der Waals surface area contributed by atoms with Gasteiger partial charge in [-0.25, -0.2) is 4.79 Å². The number of ether oxygens (including phenoxy) is 1. The van der Waals surface area contributed by atoms with Gasteiger partial charge in [-0.2, -0.15) is 0 Å². The molecule has 29 heavy (non-hydrogen) atoms. The number of benzene rings is 2.